The van der Waals surface area contributed by atoms with Crippen LogP contribution in [0.25, 0.3) is 0 Å². The molecule has 4 nitrogen and oxygen atoms in total. The fraction of sp³-hybridized carbons (Fsp3) is 0.368. The molecule has 1 fully saturated rings. The van der Waals surface area contributed by atoms with Crippen LogP contribution in [0.1, 0.15) is 41.7 Å². The zero-order chi connectivity index (χ0) is 17.8. The zero-order valence-corrected chi connectivity index (χ0v) is 14.8. The summed E-state index contributed by atoms with van der Waals surface area (Å²) < 4.78 is 13.3. The molecule has 2 N–H and O–H groups in total. The van der Waals surface area contributed by atoms with Crippen molar-refractivity contribution in [1.82, 2.24) is 10.3 Å². The van der Waals surface area contributed by atoms with E-state index >= 15 is 0 Å². The van der Waals surface area contributed by atoms with E-state index in [1.165, 1.54) is 18.2 Å². The van der Waals surface area contributed by atoms with Crippen LogP contribution in [0.2, 0.25) is 5.02 Å². The molecule has 1 saturated carbocycles. The molecule has 2 aromatic rings. The predicted molar refractivity (Wildman–Crippen MR) is 97.5 cm³/mol. The first kappa shape index (κ1) is 17.7. The molecule has 25 heavy (non-hydrogen) atoms. The molecule has 3 rings (SSSR count). The number of rotatable bonds is 4. The van der Waals surface area contributed by atoms with Crippen LogP contribution >= 0.6 is 11.6 Å². The van der Waals surface area contributed by atoms with Gasteiger partial charge in [0.05, 0.1) is 5.02 Å². The molecule has 132 valence electrons. The summed E-state index contributed by atoms with van der Waals surface area (Å²) in [6.07, 6.45) is 4.03. The monoisotopic (exact) mass is 361 g/mol. The molecule has 1 amide bonds. The van der Waals surface area contributed by atoms with Crippen molar-refractivity contribution in [1.29, 1.82) is 0 Å². The molecule has 1 aliphatic rings. The van der Waals surface area contributed by atoms with Gasteiger partial charge in [0.15, 0.2) is 0 Å². The molecule has 1 aromatic carbocycles. The number of nitrogens with one attached hydrogen (secondary N) is 2. The number of hydrogen-bond donors (Lipinski definition) is 2. The number of carbonyl (C=O) groups is 1. The van der Waals surface area contributed by atoms with Crippen LogP contribution in [0.4, 0.5) is 10.2 Å². The van der Waals surface area contributed by atoms with Gasteiger partial charge in [-0.15, -0.1) is 0 Å². The fourth-order valence-electron chi connectivity index (χ4n) is 3.18. The first-order valence-electron chi connectivity index (χ1n) is 8.49. The molecule has 1 heterocycles. The van der Waals surface area contributed by atoms with Crippen LogP contribution in [0.15, 0.2) is 36.4 Å². The largest absolute Gasteiger partial charge is 0.365 e. The van der Waals surface area contributed by atoms with Crippen LogP contribution in [0, 0.1) is 12.7 Å². The number of nitrogens with zero attached hydrogens (tertiary/aromatic N) is 1. The summed E-state index contributed by atoms with van der Waals surface area (Å²) in [6, 6.07) is 9.97. The predicted octanol–water partition coefficient (Wildman–Crippen LogP) is 4.34. The van der Waals surface area contributed by atoms with E-state index < -0.39 is 5.82 Å². The molecule has 0 aliphatic heterocycles. The van der Waals surface area contributed by atoms with E-state index in [9.17, 15) is 9.18 Å². The summed E-state index contributed by atoms with van der Waals surface area (Å²) in [5, 5.41) is 6.45. The van der Waals surface area contributed by atoms with Gasteiger partial charge in [-0.1, -0.05) is 30.5 Å². The molecule has 0 radical (unpaired) electrons. The Labute approximate surface area is 151 Å². The zero-order valence-electron chi connectivity index (χ0n) is 14.1. The highest BCUT2D eigenvalue weighted by atomic mass is 35.5. The highest BCUT2D eigenvalue weighted by molar-refractivity contribution is 6.31. The second kappa shape index (κ2) is 7.83. The third-order valence-electron chi connectivity index (χ3n) is 4.49. The SMILES string of the molecule is Cc1cccc(NC2CCCCC2NC(=O)c2ccc(F)c(Cl)c2)n1. The van der Waals surface area contributed by atoms with Crippen molar-refractivity contribution in [2.24, 2.45) is 0 Å². The average Bonchev–Trinajstić information content (AvgIpc) is 2.59. The first-order valence-corrected chi connectivity index (χ1v) is 8.87. The maximum absolute atomic E-state index is 13.3. The maximum atomic E-state index is 13.3. The number of aryl methyl sites for hydroxylation is 1. The smallest absolute Gasteiger partial charge is 0.251 e. The molecule has 2 unspecified atom stereocenters. The molecule has 0 saturated heterocycles. The van der Waals surface area contributed by atoms with E-state index in [4.69, 9.17) is 11.6 Å². The molecule has 2 atom stereocenters. The first-order chi connectivity index (χ1) is 12.0. The number of carbonyl (C=O) groups excluding carboxylic acids is 1. The number of anilines is 1. The van der Waals surface area contributed by atoms with Gasteiger partial charge in [0.25, 0.3) is 5.91 Å². The summed E-state index contributed by atoms with van der Waals surface area (Å²) in [4.78, 5) is 17.0. The molecule has 0 spiro atoms. The van der Waals surface area contributed by atoms with Gasteiger partial charge in [0, 0.05) is 23.3 Å². The van der Waals surface area contributed by atoms with Crippen molar-refractivity contribution in [3.8, 4) is 0 Å². The Morgan fingerprint density at radius 3 is 2.68 bits per heavy atom. The van der Waals surface area contributed by atoms with Gasteiger partial charge in [-0.2, -0.15) is 0 Å². The molecule has 6 heteroatoms. The van der Waals surface area contributed by atoms with Crippen LogP contribution in [0.3, 0.4) is 0 Å². The Morgan fingerprint density at radius 2 is 1.96 bits per heavy atom. The van der Waals surface area contributed by atoms with E-state index in [-0.39, 0.29) is 23.0 Å². The number of benzene rings is 1. The highest BCUT2D eigenvalue weighted by Crippen LogP contribution is 2.23. The Kier molecular flexibility index (Phi) is 5.53. The van der Waals surface area contributed by atoms with Gasteiger partial charge in [-0.05, 0) is 50.1 Å². The summed E-state index contributed by atoms with van der Waals surface area (Å²) in [5.74, 6) is 0.0507. The van der Waals surface area contributed by atoms with Gasteiger partial charge in [0.2, 0.25) is 0 Å². The second-order valence-electron chi connectivity index (χ2n) is 6.41. The number of amides is 1. The minimum Gasteiger partial charge on any atom is -0.365 e. The van der Waals surface area contributed by atoms with Gasteiger partial charge in [-0.25, -0.2) is 9.37 Å². The summed E-state index contributed by atoms with van der Waals surface area (Å²) in [5.41, 5.74) is 1.31. The second-order valence-corrected chi connectivity index (χ2v) is 6.82. The maximum Gasteiger partial charge on any atom is 0.251 e. The number of hydrogen-bond acceptors (Lipinski definition) is 3. The lowest BCUT2D eigenvalue weighted by molar-refractivity contribution is 0.0923. The Balaban J connectivity index is 1.70. The van der Waals surface area contributed by atoms with Gasteiger partial charge < -0.3 is 10.6 Å². The topological polar surface area (TPSA) is 54.0 Å². The molecule has 1 aliphatic carbocycles. The van der Waals surface area contributed by atoms with Crippen molar-refractivity contribution in [2.45, 2.75) is 44.7 Å². The van der Waals surface area contributed by atoms with Gasteiger partial charge in [0.1, 0.15) is 11.6 Å². The summed E-state index contributed by atoms with van der Waals surface area (Å²) in [6.45, 7) is 1.95. The van der Waals surface area contributed by atoms with E-state index in [0.717, 1.165) is 37.2 Å². The standard InChI is InChI=1S/C19H21ClFN3O/c1-12-5-4-8-18(22-12)23-16-6-2-3-7-17(16)24-19(25)13-9-10-15(21)14(20)11-13/h4-5,8-11,16-17H,2-3,6-7H2,1H3,(H,22,23)(H,24,25). The Morgan fingerprint density at radius 1 is 1.20 bits per heavy atom. The van der Waals surface area contributed by atoms with Crippen molar-refractivity contribution in [3.05, 3.63) is 58.5 Å². The Bertz CT molecular complexity index is 768. The normalized spacial score (nSPS) is 20.1. The summed E-state index contributed by atoms with van der Waals surface area (Å²) >= 11 is 5.78. The lowest BCUT2D eigenvalue weighted by Crippen LogP contribution is -2.48. The van der Waals surface area contributed by atoms with E-state index in [2.05, 4.69) is 15.6 Å². The molecule has 0 bridgehead atoms. The number of halogens is 2. The van der Waals surface area contributed by atoms with Gasteiger partial charge in [-0.3, -0.25) is 4.79 Å². The van der Waals surface area contributed by atoms with Gasteiger partial charge >= 0.3 is 0 Å². The number of aromatic nitrogens is 1. The quantitative estimate of drug-likeness (QED) is 0.851. The van der Waals surface area contributed by atoms with Crippen molar-refractivity contribution < 1.29 is 9.18 Å². The van der Waals surface area contributed by atoms with Crippen molar-refractivity contribution in [3.63, 3.8) is 0 Å². The van der Waals surface area contributed by atoms with E-state index in [1.807, 2.05) is 25.1 Å². The van der Waals surface area contributed by atoms with Crippen LogP contribution in [-0.2, 0) is 0 Å². The highest BCUT2D eigenvalue weighted by Gasteiger charge is 2.27. The minimum absolute atomic E-state index is 0.00705. The third kappa shape index (κ3) is 4.48. The van der Waals surface area contributed by atoms with E-state index in [1.54, 1.807) is 0 Å². The fourth-order valence-corrected chi connectivity index (χ4v) is 3.36. The third-order valence-corrected chi connectivity index (χ3v) is 4.78. The van der Waals surface area contributed by atoms with Crippen molar-refractivity contribution in [2.75, 3.05) is 5.32 Å². The van der Waals surface area contributed by atoms with Crippen LogP contribution in [-0.4, -0.2) is 23.0 Å². The Hall–Kier alpha value is -2.14. The van der Waals surface area contributed by atoms with Crippen LogP contribution in [0.5, 0.6) is 0 Å². The van der Waals surface area contributed by atoms with E-state index in [0.29, 0.717) is 5.56 Å². The minimum atomic E-state index is -0.527. The molecular weight excluding hydrogens is 341 g/mol. The molecular formula is C19H21ClFN3O. The lowest BCUT2D eigenvalue weighted by atomic mass is 9.90. The average molecular weight is 362 g/mol. The lowest BCUT2D eigenvalue weighted by Gasteiger charge is -2.33. The summed E-state index contributed by atoms with van der Waals surface area (Å²) in [7, 11) is 0. The van der Waals surface area contributed by atoms with Crippen molar-refractivity contribution >= 4 is 23.3 Å². The van der Waals surface area contributed by atoms with Crippen LogP contribution < -0.4 is 10.6 Å². The molecule has 1 aromatic heterocycles. The number of pyridine rings is 1.